The van der Waals surface area contributed by atoms with Crippen molar-refractivity contribution in [1.29, 1.82) is 0 Å². The average molecular weight is 268 g/mol. The quantitative estimate of drug-likeness (QED) is 0.744. The van der Waals surface area contributed by atoms with Gasteiger partial charge in [0.15, 0.2) is 12.4 Å². The number of carbonyl (C=O) groups is 1. The number of aliphatic hydroxyl groups is 2. The summed E-state index contributed by atoms with van der Waals surface area (Å²) in [6, 6.07) is 8.42. The largest absolute Gasteiger partial charge is 0.450 e. The Morgan fingerprint density at radius 2 is 2.05 bits per heavy atom. The highest BCUT2D eigenvalue weighted by atomic mass is 16.7. The van der Waals surface area contributed by atoms with Crippen molar-refractivity contribution in [2.75, 3.05) is 13.7 Å². The fourth-order valence-electron chi connectivity index (χ4n) is 1.93. The zero-order valence-corrected chi connectivity index (χ0v) is 10.4. The molecule has 1 fully saturated rings. The van der Waals surface area contributed by atoms with E-state index in [2.05, 4.69) is 0 Å². The van der Waals surface area contributed by atoms with E-state index in [9.17, 15) is 9.90 Å². The Kier molecular flexibility index (Phi) is 4.49. The Morgan fingerprint density at radius 1 is 1.37 bits per heavy atom. The molecule has 0 aromatic heterocycles. The first-order chi connectivity index (χ1) is 9.17. The first-order valence-electron chi connectivity index (χ1n) is 5.90. The van der Waals surface area contributed by atoms with Crippen LogP contribution in [0.5, 0.6) is 0 Å². The summed E-state index contributed by atoms with van der Waals surface area (Å²) in [5, 5.41) is 18.9. The summed E-state index contributed by atoms with van der Waals surface area (Å²) >= 11 is 0. The molecule has 6 nitrogen and oxygen atoms in total. The molecule has 0 radical (unpaired) electrons. The van der Waals surface area contributed by atoms with Crippen LogP contribution in [0.4, 0.5) is 0 Å². The van der Waals surface area contributed by atoms with Gasteiger partial charge in [-0.15, -0.1) is 0 Å². The molecule has 1 aliphatic heterocycles. The molecular formula is C13H16O6. The number of methoxy groups -OCH3 is 1. The van der Waals surface area contributed by atoms with Crippen molar-refractivity contribution in [3.8, 4) is 0 Å². The molecule has 2 N–H and O–H groups in total. The van der Waals surface area contributed by atoms with E-state index in [0.29, 0.717) is 5.56 Å². The van der Waals surface area contributed by atoms with Crippen molar-refractivity contribution >= 4 is 5.97 Å². The van der Waals surface area contributed by atoms with E-state index in [-0.39, 0.29) is 6.61 Å². The fraction of sp³-hybridized carbons (Fsp3) is 0.462. The van der Waals surface area contributed by atoms with Crippen molar-refractivity contribution in [2.45, 2.75) is 24.6 Å². The van der Waals surface area contributed by atoms with Crippen LogP contribution < -0.4 is 0 Å². The second-order valence-electron chi connectivity index (χ2n) is 4.19. The Bertz CT molecular complexity index is 418. The lowest BCUT2D eigenvalue weighted by atomic mass is 10.1. The van der Waals surface area contributed by atoms with Gasteiger partial charge in [0.05, 0.1) is 12.2 Å². The maximum absolute atomic E-state index is 11.9. The van der Waals surface area contributed by atoms with Gasteiger partial charge >= 0.3 is 5.97 Å². The number of aliphatic hydroxyl groups excluding tert-OH is 2. The average Bonchev–Trinajstić information content (AvgIpc) is 2.76. The molecule has 0 amide bonds. The number of benzene rings is 1. The SMILES string of the molecule is COC1OC(CO)C(O)C1OC(=O)c1ccccc1. The predicted molar refractivity (Wildman–Crippen MR) is 64.4 cm³/mol. The topological polar surface area (TPSA) is 85.2 Å². The van der Waals surface area contributed by atoms with Gasteiger partial charge in [-0.3, -0.25) is 0 Å². The van der Waals surface area contributed by atoms with Gasteiger partial charge in [0.1, 0.15) is 12.2 Å². The number of hydrogen-bond acceptors (Lipinski definition) is 6. The Hall–Kier alpha value is -1.47. The summed E-state index contributed by atoms with van der Waals surface area (Å²) in [6.07, 6.45) is -3.80. The molecule has 0 saturated carbocycles. The second-order valence-corrected chi connectivity index (χ2v) is 4.19. The van der Waals surface area contributed by atoms with Crippen LogP contribution in [0, 0.1) is 0 Å². The minimum atomic E-state index is -1.12. The summed E-state index contributed by atoms with van der Waals surface area (Å²) in [5.74, 6) is -0.575. The van der Waals surface area contributed by atoms with Crippen molar-refractivity contribution in [3.63, 3.8) is 0 Å². The Balaban J connectivity index is 2.07. The third-order valence-corrected chi connectivity index (χ3v) is 2.96. The van der Waals surface area contributed by atoms with E-state index in [1.807, 2.05) is 0 Å². The first kappa shape index (κ1) is 14.0. The van der Waals surface area contributed by atoms with Gasteiger partial charge in [0.2, 0.25) is 0 Å². The van der Waals surface area contributed by atoms with E-state index < -0.39 is 30.6 Å². The van der Waals surface area contributed by atoms with Crippen LogP contribution in [-0.2, 0) is 14.2 Å². The molecule has 4 atom stereocenters. The van der Waals surface area contributed by atoms with E-state index in [0.717, 1.165) is 0 Å². The zero-order valence-electron chi connectivity index (χ0n) is 10.4. The summed E-state index contributed by atoms with van der Waals surface area (Å²) < 4.78 is 15.4. The zero-order chi connectivity index (χ0) is 13.8. The van der Waals surface area contributed by atoms with Crippen LogP contribution in [0.2, 0.25) is 0 Å². The van der Waals surface area contributed by atoms with E-state index in [4.69, 9.17) is 19.3 Å². The fourth-order valence-corrected chi connectivity index (χ4v) is 1.93. The molecule has 6 heteroatoms. The molecule has 1 aromatic rings. The highest BCUT2D eigenvalue weighted by Crippen LogP contribution is 2.25. The molecule has 4 unspecified atom stereocenters. The van der Waals surface area contributed by atoms with E-state index in [1.165, 1.54) is 7.11 Å². The third-order valence-electron chi connectivity index (χ3n) is 2.96. The summed E-state index contributed by atoms with van der Waals surface area (Å²) in [5.41, 5.74) is 0.372. The lowest BCUT2D eigenvalue weighted by Gasteiger charge is -2.19. The maximum Gasteiger partial charge on any atom is 0.338 e. The third kappa shape index (κ3) is 2.93. The first-order valence-corrected chi connectivity index (χ1v) is 5.90. The molecule has 1 aromatic carbocycles. The van der Waals surface area contributed by atoms with Crippen LogP contribution in [0.3, 0.4) is 0 Å². The van der Waals surface area contributed by atoms with Crippen molar-refractivity contribution < 1.29 is 29.2 Å². The minimum Gasteiger partial charge on any atom is -0.450 e. The standard InChI is InChI=1S/C13H16O6/c1-17-13-11(10(15)9(7-14)18-13)19-12(16)8-5-3-2-4-6-8/h2-6,9-11,13-15H,7H2,1H3. The lowest BCUT2D eigenvalue weighted by molar-refractivity contribution is -0.154. The maximum atomic E-state index is 11.9. The normalized spacial score (nSPS) is 30.3. The van der Waals surface area contributed by atoms with Gasteiger partial charge < -0.3 is 24.4 Å². The van der Waals surface area contributed by atoms with Gasteiger partial charge in [0, 0.05) is 7.11 Å². The van der Waals surface area contributed by atoms with Crippen molar-refractivity contribution in [2.24, 2.45) is 0 Å². The van der Waals surface area contributed by atoms with Crippen molar-refractivity contribution in [1.82, 2.24) is 0 Å². The molecule has 1 aliphatic rings. The van der Waals surface area contributed by atoms with Gasteiger partial charge in [0.25, 0.3) is 0 Å². The number of esters is 1. The predicted octanol–water partition coefficient (Wildman–Crippen LogP) is -0.0635. The van der Waals surface area contributed by atoms with E-state index in [1.54, 1.807) is 30.3 Å². The molecule has 0 spiro atoms. The van der Waals surface area contributed by atoms with Crippen LogP contribution in [0.15, 0.2) is 30.3 Å². The number of hydrogen-bond donors (Lipinski definition) is 2. The van der Waals surface area contributed by atoms with Gasteiger partial charge in [-0.1, -0.05) is 18.2 Å². The Morgan fingerprint density at radius 3 is 2.63 bits per heavy atom. The highest BCUT2D eigenvalue weighted by molar-refractivity contribution is 5.89. The van der Waals surface area contributed by atoms with Gasteiger partial charge in [-0.2, -0.15) is 0 Å². The Labute approximate surface area is 110 Å². The number of ether oxygens (including phenoxy) is 3. The van der Waals surface area contributed by atoms with Crippen LogP contribution in [-0.4, -0.2) is 54.5 Å². The number of rotatable bonds is 4. The monoisotopic (exact) mass is 268 g/mol. The van der Waals surface area contributed by atoms with Crippen LogP contribution in [0.1, 0.15) is 10.4 Å². The minimum absolute atomic E-state index is 0.372. The van der Waals surface area contributed by atoms with E-state index >= 15 is 0 Å². The molecule has 2 rings (SSSR count). The molecule has 0 bridgehead atoms. The van der Waals surface area contributed by atoms with Crippen molar-refractivity contribution in [3.05, 3.63) is 35.9 Å². The van der Waals surface area contributed by atoms with Crippen LogP contribution >= 0.6 is 0 Å². The smallest absolute Gasteiger partial charge is 0.338 e. The van der Waals surface area contributed by atoms with Gasteiger partial charge in [-0.05, 0) is 12.1 Å². The highest BCUT2D eigenvalue weighted by Gasteiger charge is 2.46. The molecule has 1 heterocycles. The molecule has 19 heavy (non-hydrogen) atoms. The summed E-state index contributed by atoms with van der Waals surface area (Å²) in [7, 11) is 1.38. The van der Waals surface area contributed by atoms with Crippen LogP contribution in [0.25, 0.3) is 0 Å². The van der Waals surface area contributed by atoms with Gasteiger partial charge in [-0.25, -0.2) is 4.79 Å². The lowest BCUT2D eigenvalue weighted by Crippen LogP contribution is -2.38. The summed E-state index contributed by atoms with van der Waals surface area (Å²) in [6.45, 7) is -0.375. The number of carbonyl (C=O) groups excluding carboxylic acids is 1. The molecule has 1 saturated heterocycles. The second kappa shape index (κ2) is 6.12. The molecular weight excluding hydrogens is 252 g/mol. The molecule has 0 aliphatic carbocycles. The summed E-state index contributed by atoms with van der Waals surface area (Å²) in [4.78, 5) is 11.9. The molecule has 104 valence electrons.